The van der Waals surface area contributed by atoms with Crippen LogP contribution in [0.1, 0.15) is 35.8 Å². The van der Waals surface area contributed by atoms with Gasteiger partial charge in [0.1, 0.15) is 12.6 Å². The summed E-state index contributed by atoms with van der Waals surface area (Å²) in [5, 5.41) is 0. The quantitative estimate of drug-likeness (QED) is 0.581. The van der Waals surface area contributed by atoms with Crippen molar-refractivity contribution in [1.82, 2.24) is 0 Å². The maximum atomic E-state index is 12.1. The van der Waals surface area contributed by atoms with Gasteiger partial charge in [0.05, 0.1) is 32.5 Å². The molecule has 0 spiro atoms. The van der Waals surface area contributed by atoms with Crippen molar-refractivity contribution in [2.24, 2.45) is 11.8 Å². The van der Waals surface area contributed by atoms with Gasteiger partial charge in [-0.15, -0.1) is 0 Å². The number of aldehydes is 2. The van der Waals surface area contributed by atoms with Crippen molar-refractivity contribution in [2.45, 2.75) is 24.7 Å². The molecule has 4 atom stereocenters. The molecule has 0 N–H and O–H groups in total. The Hall–Kier alpha value is -2.50. The molecular weight excluding hydrogens is 312 g/mol. The van der Waals surface area contributed by atoms with E-state index in [4.69, 9.17) is 4.74 Å². The van der Waals surface area contributed by atoms with Gasteiger partial charge in [0.2, 0.25) is 0 Å². The number of hydrogen-bond acceptors (Lipinski definition) is 6. The normalized spacial score (nSPS) is 23.5. The summed E-state index contributed by atoms with van der Waals surface area (Å²) in [6.45, 7) is 0. The van der Waals surface area contributed by atoms with E-state index in [-0.39, 0.29) is 18.8 Å². The number of hydrogen-bond donors (Lipinski definition) is 0. The second-order valence-corrected chi connectivity index (χ2v) is 5.84. The number of rotatable bonds is 6. The number of fused-ring (bicyclic) bond motifs is 1. The summed E-state index contributed by atoms with van der Waals surface area (Å²) in [6, 6.07) is 7.20. The van der Waals surface area contributed by atoms with E-state index in [1.54, 1.807) is 12.1 Å². The lowest BCUT2D eigenvalue weighted by Gasteiger charge is -2.36. The summed E-state index contributed by atoms with van der Waals surface area (Å²) in [7, 11) is 2.53. The van der Waals surface area contributed by atoms with Crippen molar-refractivity contribution in [3.8, 4) is 0 Å². The number of carbonyl (C=O) groups excluding carboxylic acids is 4. The summed E-state index contributed by atoms with van der Waals surface area (Å²) in [4.78, 5) is 46.9. The average molecular weight is 332 g/mol. The van der Waals surface area contributed by atoms with Crippen LogP contribution in [0.2, 0.25) is 0 Å². The molecule has 2 rings (SSSR count). The van der Waals surface area contributed by atoms with E-state index >= 15 is 0 Å². The van der Waals surface area contributed by atoms with Crippen LogP contribution in [0.4, 0.5) is 0 Å². The molecule has 0 saturated heterocycles. The third kappa shape index (κ3) is 3.37. The lowest BCUT2D eigenvalue weighted by molar-refractivity contribution is -0.148. The topological polar surface area (TPSA) is 86.7 Å². The Labute approximate surface area is 140 Å². The van der Waals surface area contributed by atoms with Crippen LogP contribution in [0.3, 0.4) is 0 Å². The maximum Gasteiger partial charge on any atom is 0.309 e. The molecule has 4 unspecified atom stereocenters. The molecule has 128 valence electrons. The molecule has 0 fully saturated rings. The molecule has 1 aliphatic rings. The van der Waals surface area contributed by atoms with Gasteiger partial charge in [0, 0.05) is 5.92 Å². The van der Waals surface area contributed by atoms with Gasteiger partial charge in [0.15, 0.2) is 0 Å². The second kappa shape index (κ2) is 7.86. The molecule has 0 saturated carbocycles. The summed E-state index contributed by atoms with van der Waals surface area (Å²) in [5.41, 5.74) is 1.52. The lowest BCUT2D eigenvalue weighted by atomic mass is 9.66. The van der Waals surface area contributed by atoms with E-state index in [0.717, 1.165) is 11.8 Å². The van der Waals surface area contributed by atoms with Crippen molar-refractivity contribution in [3.63, 3.8) is 0 Å². The fourth-order valence-corrected chi connectivity index (χ4v) is 3.44. The molecule has 24 heavy (non-hydrogen) atoms. The lowest BCUT2D eigenvalue weighted by Crippen LogP contribution is -2.34. The predicted molar refractivity (Wildman–Crippen MR) is 84.3 cm³/mol. The zero-order valence-electron chi connectivity index (χ0n) is 13.6. The minimum Gasteiger partial charge on any atom is -0.469 e. The minimum atomic E-state index is -0.674. The van der Waals surface area contributed by atoms with E-state index in [1.807, 2.05) is 12.1 Å². The number of benzene rings is 1. The Morgan fingerprint density at radius 2 is 1.83 bits per heavy atom. The van der Waals surface area contributed by atoms with Crippen molar-refractivity contribution in [1.29, 1.82) is 0 Å². The van der Waals surface area contributed by atoms with E-state index in [0.29, 0.717) is 11.8 Å². The third-order valence-corrected chi connectivity index (χ3v) is 4.67. The summed E-state index contributed by atoms with van der Waals surface area (Å²) < 4.78 is 9.48. The monoisotopic (exact) mass is 332 g/mol. The van der Waals surface area contributed by atoms with Crippen LogP contribution in [0, 0.1) is 11.8 Å². The fourth-order valence-electron chi connectivity index (χ4n) is 3.44. The van der Waals surface area contributed by atoms with Gasteiger partial charge in [-0.05, 0) is 23.5 Å². The van der Waals surface area contributed by atoms with Gasteiger partial charge in [-0.25, -0.2) is 0 Å². The highest BCUT2D eigenvalue weighted by molar-refractivity contribution is 5.82. The molecule has 0 aliphatic heterocycles. The van der Waals surface area contributed by atoms with Gasteiger partial charge in [-0.3, -0.25) is 9.59 Å². The van der Waals surface area contributed by atoms with Crippen molar-refractivity contribution in [3.05, 3.63) is 35.4 Å². The van der Waals surface area contributed by atoms with E-state index in [2.05, 4.69) is 4.74 Å². The molecular formula is C18H20O6. The summed E-state index contributed by atoms with van der Waals surface area (Å²) >= 11 is 0. The molecule has 0 aromatic heterocycles. The van der Waals surface area contributed by atoms with Gasteiger partial charge in [-0.1, -0.05) is 24.3 Å². The Kier molecular flexibility index (Phi) is 5.84. The Morgan fingerprint density at radius 1 is 1.17 bits per heavy atom. The maximum absolute atomic E-state index is 12.1. The largest absolute Gasteiger partial charge is 0.469 e. The first kappa shape index (κ1) is 17.8. The molecule has 1 aromatic carbocycles. The summed E-state index contributed by atoms with van der Waals surface area (Å²) in [5.74, 6) is -3.25. The molecule has 6 nitrogen and oxygen atoms in total. The van der Waals surface area contributed by atoms with Crippen LogP contribution in [-0.4, -0.2) is 38.7 Å². The second-order valence-electron chi connectivity index (χ2n) is 5.84. The standard InChI is InChI=1S/C18H20O6/c1-23-17(21)7-11(9-19)14-8-15(18(22)24-2)16(10-20)13-6-4-3-5-12(13)14/h3-6,9-11,14-16H,7-8H2,1-2H3. The van der Waals surface area contributed by atoms with Crippen LogP contribution in [0.25, 0.3) is 0 Å². The molecule has 1 aliphatic carbocycles. The number of ether oxygens (including phenoxy) is 2. The van der Waals surface area contributed by atoms with E-state index in [1.165, 1.54) is 14.2 Å². The Morgan fingerprint density at radius 3 is 2.38 bits per heavy atom. The zero-order valence-corrected chi connectivity index (χ0v) is 13.6. The first-order chi connectivity index (χ1) is 11.6. The minimum absolute atomic E-state index is 0.0708. The summed E-state index contributed by atoms with van der Waals surface area (Å²) in [6.07, 6.45) is 1.66. The van der Waals surface area contributed by atoms with E-state index in [9.17, 15) is 19.2 Å². The molecule has 0 bridgehead atoms. The van der Waals surface area contributed by atoms with Crippen molar-refractivity contribution in [2.75, 3.05) is 14.2 Å². The average Bonchev–Trinajstić information content (AvgIpc) is 2.63. The highest BCUT2D eigenvalue weighted by Gasteiger charge is 2.42. The number of carbonyl (C=O) groups is 4. The first-order valence-corrected chi connectivity index (χ1v) is 7.71. The Balaban J connectivity index is 2.46. The molecule has 0 amide bonds. The highest BCUT2D eigenvalue weighted by atomic mass is 16.5. The number of esters is 2. The van der Waals surface area contributed by atoms with Crippen LogP contribution >= 0.6 is 0 Å². The van der Waals surface area contributed by atoms with Gasteiger partial charge < -0.3 is 19.1 Å². The van der Waals surface area contributed by atoms with Crippen LogP contribution in [-0.2, 0) is 28.7 Å². The smallest absolute Gasteiger partial charge is 0.309 e. The van der Waals surface area contributed by atoms with Gasteiger partial charge in [0.25, 0.3) is 0 Å². The zero-order chi connectivity index (χ0) is 17.7. The number of methoxy groups -OCH3 is 2. The van der Waals surface area contributed by atoms with Crippen LogP contribution in [0.5, 0.6) is 0 Å². The van der Waals surface area contributed by atoms with Crippen LogP contribution in [0.15, 0.2) is 24.3 Å². The molecule has 1 aromatic rings. The highest BCUT2D eigenvalue weighted by Crippen LogP contribution is 2.45. The molecule has 6 heteroatoms. The first-order valence-electron chi connectivity index (χ1n) is 7.71. The SMILES string of the molecule is COC(=O)CC(C=O)C1CC(C(=O)OC)C(C=O)c2ccccc21. The van der Waals surface area contributed by atoms with Crippen molar-refractivity contribution >= 4 is 24.5 Å². The molecule has 0 heterocycles. The van der Waals surface area contributed by atoms with Crippen LogP contribution < -0.4 is 0 Å². The fraction of sp³-hybridized carbons (Fsp3) is 0.444. The predicted octanol–water partition coefficient (Wildman–Crippen LogP) is 1.62. The van der Waals surface area contributed by atoms with E-state index < -0.39 is 29.7 Å². The van der Waals surface area contributed by atoms with Crippen molar-refractivity contribution < 1.29 is 28.7 Å². The van der Waals surface area contributed by atoms with Gasteiger partial charge >= 0.3 is 11.9 Å². The molecule has 0 radical (unpaired) electrons. The Bertz CT molecular complexity index is 638. The third-order valence-electron chi connectivity index (χ3n) is 4.67. The van der Waals surface area contributed by atoms with Gasteiger partial charge in [-0.2, -0.15) is 0 Å².